The summed E-state index contributed by atoms with van der Waals surface area (Å²) in [5.41, 5.74) is -0.184. The zero-order chi connectivity index (χ0) is 17.6. The van der Waals surface area contributed by atoms with Gasteiger partial charge in [-0.05, 0) is 19.1 Å². The first kappa shape index (κ1) is 17.4. The molecule has 0 bridgehead atoms. The van der Waals surface area contributed by atoms with Crippen molar-refractivity contribution in [2.24, 2.45) is 4.40 Å². The van der Waals surface area contributed by atoms with Gasteiger partial charge in [0.05, 0.1) is 5.56 Å². The summed E-state index contributed by atoms with van der Waals surface area (Å²) >= 11 is 0. The van der Waals surface area contributed by atoms with Gasteiger partial charge in [-0.25, -0.2) is 0 Å². The summed E-state index contributed by atoms with van der Waals surface area (Å²) in [4.78, 5) is 11.0. The van der Waals surface area contributed by atoms with Gasteiger partial charge in [-0.2, -0.15) is 21.6 Å². The highest BCUT2D eigenvalue weighted by Gasteiger charge is 2.61. The van der Waals surface area contributed by atoms with Gasteiger partial charge in [0.15, 0.2) is 5.78 Å². The highest BCUT2D eigenvalue weighted by molar-refractivity contribution is 7.90. The second-order valence-corrected chi connectivity index (χ2v) is 6.27. The average Bonchev–Trinajstić information content (AvgIpc) is 2.66. The molecule has 2 rings (SSSR count). The molecule has 0 fully saturated rings. The van der Waals surface area contributed by atoms with E-state index in [2.05, 4.69) is 9.13 Å². The zero-order valence-electron chi connectivity index (χ0n) is 11.4. The molecule has 0 amide bonds. The minimum absolute atomic E-state index is 0.184. The Morgan fingerprint density at radius 3 is 2.35 bits per heavy atom. The molecule has 7 nitrogen and oxygen atoms in total. The molecule has 0 aliphatic carbocycles. The molecule has 0 spiro atoms. The van der Waals surface area contributed by atoms with Crippen LogP contribution >= 0.6 is 0 Å². The number of sulfonamides is 1. The van der Waals surface area contributed by atoms with Crippen molar-refractivity contribution >= 4 is 21.7 Å². The number of Topliss-reactive ketones (excluding diaryl/α,β-unsaturated/α-hetero) is 1. The van der Waals surface area contributed by atoms with Crippen LogP contribution < -0.4 is 0 Å². The van der Waals surface area contributed by atoms with Gasteiger partial charge in [0.1, 0.15) is 4.90 Å². The SMILES string of the molecule is CC(=O)C(OC1=NS(=O)(=O)c2ccccc21)C(O)(O)C(F)(F)F. The van der Waals surface area contributed by atoms with Crippen LogP contribution in [0.25, 0.3) is 0 Å². The summed E-state index contributed by atoms with van der Waals surface area (Å²) in [6, 6.07) is 5.06. The Morgan fingerprint density at radius 1 is 1.26 bits per heavy atom. The number of benzene rings is 1. The van der Waals surface area contributed by atoms with E-state index in [0.29, 0.717) is 6.92 Å². The van der Waals surface area contributed by atoms with Gasteiger partial charge in [-0.3, -0.25) is 4.79 Å². The van der Waals surface area contributed by atoms with Crippen LogP contribution in [0.2, 0.25) is 0 Å². The minimum atomic E-state index is -5.61. The molecule has 0 saturated carbocycles. The molecule has 126 valence electrons. The lowest BCUT2D eigenvalue weighted by Crippen LogP contribution is -2.58. The van der Waals surface area contributed by atoms with Crippen molar-refractivity contribution in [3.63, 3.8) is 0 Å². The van der Waals surface area contributed by atoms with Crippen molar-refractivity contribution in [3.05, 3.63) is 29.8 Å². The third-order valence-corrected chi connectivity index (χ3v) is 4.30. The Labute approximate surface area is 128 Å². The van der Waals surface area contributed by atoms with E-state index in [1.807, 2.05) is 0 Å². The van der Waals surface area contributed by atoms with E-state index in [9.17, 15) is 36.6 Å². The van der Waals surface area contributed by atoms with Gasteiger partial charge >= 0.3 is 12.0 Å². The van der Waals surface area contributed by atoms with Crippen LogP contribution in [-0.2, 0) is 19.6 Å². The number of alkyl halides is 3. The van der Waals surface area contributed by atoms with E-state index in [4.69, 9.17) is 0 Å². The van der Waals surface area contributed by atoms with Gasteiger partial charge in [0.25, 0.3) is 10.0 Å². The quantitative estimate of drug-likeness (QED) is 0.759. The van der Waals surface area contributed by atoms with Crippen molar-refractivity contribution in [1.82, 2.24) is 0 Å². The van der Waals surface area contributed by atoms with Gasteiger partial charge in [0.2, 0.25) is 12.0 Å². The van der Waals surface area contributed by atoms with Crippen LogP contribution in [0.5, 0.6) is 0 Å². The normalized spacial score (nSPS) is 18.1. The molecule has 1 aliphatic heterocycles. The molecule has 2 N–H and O–H groups in total. The molecular formula is C12H10F3NO6S. The fourth-order valence-electron chi connectivity index (χ4n) is 1.87. The maximum atomic E-state index is 12.7. The number of carbonyl (C=O) groups is 1. The number of hydrogen-bond acceptors (Lipinski definition) is 6. The summed E-state index contributed by atoms with van der Waals surface area (Å²) in [6.07, 6.45) is -8.41. The number of aliphatic hydroxyl groups is 2. The van der Waals surface area contributed by atoms with Crippen LogP contribution in [0.4, 0.5) is 13.2 Å². The van der Waals surface area contributed by atoms with Crippen molar-refractivity contribution in [2.75, 3.05) is 0 Å². The highest BCUT2D eigenvalue weighted by atomic mass is 32.2. The van der Waals surface area contributed by atoms with Crippen molar-refractivity contribution < 1.29 is 41.3 Å². The maximum absolute atomic E-state index is 12.7. The lowest BCUT2D eigenvalue weighted by molar-refractivity contribution is -0.369. The fraction of sp³-hybridized carbons (Fsp3) is 0.333. The molecular weight excluding hydrogens is 343 g/mol. The Morgan fingerprint density at radius 2 is 1.83 bits per heavy atom. The monoisotopic (exact) mass is 353 g/mol. The van der Waals surface area contributed by atoms with E-state index in [1.165, 1.54) is 18.2 Å². The first-order chi connectivity index (χ1) is 10.4. The van der Waals surface area contributed by atoms with Crippen molar-refractivity contribution in [3.8, 4) is 0 Å². The predicted octanol–water partition coefficient (Wildman–Crippen LogP) is 0.353. The summed E-state index contributed by atoms with van der Waals surface area (Å²) < 4.78 is 69.3. The molecule has 1 heterocycles. The lowest BCUT2D eigenvalue weighted by Gasteiger charge is -2.30. The van der Waals surface area contributed by atoms with E-state index in [-0.39, 0.29) is 10.5 Å². The molecule has 11 heteroatoms. The van der Waals surface area contributed by atoms with E-state index >= 15 is 0 Å². The third kappa shape index (κ3) is 2.94. The van der Waals surface area contributed by atoms with Crippen LogP contribution in [0.1, 0.15) is 12.5 Å². The van der Waals surface area contributed by atoms with Crippen LogP contribution in [0.3, 0.4) is 0 Å². The number of ketones is 1. The van der Waals surface area contributed by atoms with E-state index in [1.54, 1.807) is 0 Å². The summed E-state index contributed by atoms with van der Waals surface area (Å²) in [6.45, 7) is 0.632. The molecule has 1 aromatic carbocycles. The topological polar surface area (TPSA) is 113 Å². The Bertz CT molecular complexity index is 784. The van der Waals surface area contributed by atoms with Gasteiger partial charge in [-0.1, -0.05) is 12.1 Å². The van der Waals surface area contributed by atoms with Gasteiger partial charge < -0.3 is 14.9 Å². The second-order valence-electron chi connectivity index (χ2n) is 4.70. The summed E-state index contributed by atoms with van der Waals surface area (Å²) in [7, 11) is -4.20. The standard InChI is InChI=1S/C12H10F3NO6S/c1-6(17)9(11(18,19)12(13,14)15)22-10-7-4-2-3-5-8(7)23(20,21)16-10/h2-5,9,18-19H,1H3. The average molecular weight is 353 g/mol. The molecule has 1 atom stereocenters. The smallest absolute Gasteiger partial charge is 0.447 e. The number of halogens is 3. The first-order valence-electron chi connectivity index (χ1n) is 6.01. The highest BCUT2D eigenvalue weighted by Crippen LogP contribution is 2.34. The zero-order valence-corrected chi connectivity index (χ0v) is 12.2. The van der Waals surface area contributed by atoms with Crippen molar-refractivity contribution in [1.29, 1.82) is 0 Å². The van der Waals surface area contributed by atoms with Crippen LogP contribution in [0, 0.1) is 0 Å². The Kier molecular flexibility index (Phi) is 3.99. The second kappa shape index (κ2) is 5.28. The number of rotatable bonds is 3. The molecule has 0 radical (unpaired) electrons. The summed E-state index contributed by atoms with van der Waals surface area (Å²) in [5.74, 6) is -6.71. The van der Waals surface area contributed by atoms with E-state index in [0.717, 1.165) is 6.07 Å². The van der Waals surface area contributed by atoms with Crippen LogP contribution in [0.15, 0.2) is 33.6 Å². The fourth-order valence-corrected chi connectivity index (χ4v) is 3.01. The van der Waals surface area contributed by atoms with Crippen molar-refractivity contribution in [2.45, 2.75) is 29.9 Å². The molecule has 0 aromatic heterocycles. The number of nitrogens with zero attached hydrogens (tertiary/aromatic N) is 1. The van der Waals surface area contributed by atoms with Crippen LogP contribution in [-0.4, -0.2) is 48.4 Å². The molecule has 1 aromatic rings. The number of ether oxygens (including phenoxy) is 1. The Balaban J connectivity index is 2.47. The first-order valence-corrected chi connectivity index (χ1v) is 7.45. The number of fused-ring (bicyclic) bond motifs is 1. The van der Waals surface area contributed by atoms with Gasteiger partial charge in [0, 0.05) is 0 Å². The minimum Gasteiger partial charge on any atom is -0.459 e. The molecule has 1 unspecified atom stereocenters. The number of hydrogen-bond donors (Lipinski definition) is 2. The lowest BCUT2D eigenvalue weighted by atomic mass is 10.1. The predicted molar refractivity (Wildman–Crippen MR) is 68.9 cm³/mol. The maximum Gasteiger partial charge on any atom is 0.447 e. The molecule has 0 saturated heterocycles. The molecule has 1 aliphatic rings. The Hall–Kier alpha value is -1.98. The largest absolute Gasteiger partial charge is 0.459 e. The van der Waals surface area contributed by atoms with E-state index < -0.39 is 39.8 Å². The number of carbonyl (C=O) groups excluding carboxylic acids is 1. The third-order valence-electron chi connectivity index (χ3n) is 2.98. The summed E-state index contributed by atoms with van der Waals surface area (Å²) in [5, 5.41) is 18.4. The van der Waals surface area contributed by atoms with Gasteiger partial charge in [-0.15, -0.1) is 4.40 Å². The molecule has 23 heavy (non-hydrogen) atoms.